The average molecular weight is 364 g/mol. The zero-order valence-corrected chi connectivity index (χ0v) is 16.0. The van der Waals surface area contributed by atoms with Crippen LogP contribution in [0.1, 0.15) is 29.9 Å². The van der Waals surface area contributed by atoms with E-state index in [0.717, 1.165) is 45.1 Å². The van der Waals surface area contributed by atoms with Gasteiger partial charge in [-0.3, -0.25) is 4.99 Å². The summed E-state index contributed by atoms with van der Waals surface area (Å²) in [5.74, 6) is 1.13. The second kappa shape index (κ2) is 10.5. The molecular weight excluding hydrogens is 334 g/mol. The molecular formula is C23H29N3O. The topological polar surface area (TPSA) is 45.7 Å². The van der Waals surface area contributed by atoms with Gasteiger partial charge in [0.15, 0.2) is 5.96 Å². The lowest BCUT2D eigenvalue weighted by Gasteiger charge is -2.21. The SMILES string of the molecule is CN=C(NCCC1=CCOCC1)NCC(c1ccccc1)c1ccccc1. The second-order valence-corrected chi connectivity index (χ2v) is 6.69. The lowest BCUT2D eigenvalue weighted by Crippen LogP contribution is -2.40. The Morgan fingerprint density at radius 3 is 2.22 bits per heavy atom. The van der Waals surface area contributed by atoms with Crippen molar-refractivity contribution < 1.29 is 4.74 Å². The third-order valence-electron chi connectivity index (χ3n) is 4.90. The van der Waals surface area contributed by atoms with Crippen LogP contribution < -0.4 is 10.6 Å². The van der Waals surface area contributed by atoms with Crippen molar-refractivity contribution in [2.45, 2.75) is 18.8 Å². The van der Waals surface area contributed by atoms with Gasteiger partial charge in [-0.15, -0.1) is 0 Å². The van der Waals surface area contributed by atoms with Crippen LogP contribution in [0.2, 0.25) is 0 Å². The number of hydrogen-bond acceptors (Lipinski definition) is 2. The average Bonchev–Trinajstić information content (AvgIpc) is 2.75. The Morgan fingerprint density at radius 2 is 1.67 bits per heavy atom. The molecule has 2 aromatic rings. The third-order valence-corrected chi connectivity index (χ3v) is 4.90. The molecule has 0 atom stereocenters. The molecule has 142 valence electrons. The molecule has 4 nitrogen and oxygen atoms in total. The van der Waals surface area contributed by atoms with E-state index in [9.17, 15) is 0 Å². The van der Waals surface area contributed by atoms with Gasteiger partial charge in [0.05, 0.1) is 13.2 Å². The molecule has 3 rings (SSSR count). The Kier molecular flexibility index (Phi) is 7.48. The Hall–Kier alpha value is -2.59. The monoisotopic (exact) mass is 363 g/mol. The quantitative estimate of drug-likeness (QED) is 0.448. The first-order chi connectivity index (χ1) is 13.4. The Bertz CT molecular complexity index is 701. The van der Waals surface area contributed by atoms with Gasteiger partial charge in [-0.05, 0) is 24.0 Å². The molecule has 0 bridgehead atoms. The first kappa shape index (κ1) is 19.2. The second-order valence-electron chi connectivity index (χ2n) is 6.69. The summed E-state index contributed by atoms with van der Waals surface area (Å²) in [7, 11) is 1.82. The molecule has 2 aromatic carbocycles. The third kappa shape index (κ3) is 5.97. The highest BCUT2D eigenvalue weighted by atomic mass is 16.5. The van der Waals surface area contributed by atoms with E-state index in [-0.39, 0.29) is 5.92 Å². The highest BCUT2D eigenvalue weighted by molar-refractivity contribution is 5.79. The fourth-order valence-electron chi connectivity index (χ4n) is 3.35. The number of aliphatic imine (C=N–C) groups is 1. The zero-order chi connectivity index (χ0) is 18.7. The predicted octanol–water partition coefficient (Wildman–Crippen LogP) is 3.72. The summed E-state index contributed by atoms with van der Waals surface area (Å²) in [6.45, 7) is 3.27. The number of nitrogens with zero attached hydrogens (tertiary/aromatic N) is 1. The molecule has 0 unspecified atom stereocenters. The summed E-state index contributed by atoms with van der Waals surface area (Å²) in [5, 5.41) is 6.93. The van der Waals surface area contributed by atoms with Crippen LogP contribution in [0, 0.1) is 0 Å². The lowest BCUT2D eigenvalue weighted by molar-refractivity contribution is 0.153. The van der Waals surface area contributed by atoms with Gasteiger partial charge in [0, 0.05) is 26.1 Å². The van der Waals surface area contributed by atoms with Gasteiger partial charge in [0.2, 0.25) is 0 Å². The van der Waals surface area contributed by atoms with Crippen molar-refractivity contribution in [3.8, 4) is 0 Å². The van der Waals surface area contributed by atoms with Crippen LogP contribution in [0.25, 0.3) is 0 Å². The van der Waals surface area contributed by atoms with Gasteiger partial charge in [-0.25, -0.2) is 0 Å². The molecule has 1 aliphatic heterocycles. The molecule has 2 N–H and O–H groups in total. The number of rotatable bonds is 7. The number of benzene rings is 2. The molecule has 0 amide bonds. The fourth-order valence-corrected chi connectivity index (χ4v) is 3.35. The minimum Gasteiger partial charge on any atom is -0.377 e. The van der Waals surface area contributed by atoms with Crippen molar-refractivity contribution in [1.82, 2.24) is 10.6 Å². The summed E-state index contributed by atoms with van der Waals surface area (Å²) in [6.07, 6.45) is 4.27. The fraction of sp³-hybridized carbons (Fsp3) is 0.348. The maximum atomic E-state index is 5.36. The Morgan fingerprint density at radius 1 is 1.00 bits per heavy atom. The van der Waals surface area contributed by atoms with Gasteiger partial charge in [-0.1, -0.05) is 72.3 Å². The summed E-state index contributed by atoms with van der Waals surface area (Å²) in [4.78, 5) is 4.38. The zero-order valence-electron chi connectivity index (χ0n) is 16.0. The molecule has 0 spiro atoms. The van der Waals surface area contributed by atoms with Crippen molar-refractivity contribution in [1.29, 1.82) is 0 Å². The van der Waals surface area contributed by atoms with E-state index < -0.39 is 0 Å². The van der Waals surface area contributed by atoms with Gasteiger partial charge >= 0.3 is 0 Å². The molecule has 4 heteroatoms. The minimum absolute atomic E-state index is 0.282. The van der Waals surface area contributed by atoms with Gasteiger partial charge in [-0.2, -0.15) is 0 Å². The number of nitrogens with one attached hydrogen (secondary N) is 2. The largest absolute Gasteiger partial charge is 0.377 e. The maximum Gasteiger partial charge on any atom is 0.191 e. The van der Waals surface area contributed by atoms with Gasteiger partial charge < -0.3 is 15.4 Å². The normalized spacial score (nSPS) is 14.7. The van der Waals surface area contributed by atoms with Gasteiger partial charge in [0.25, 0.3) is 0 Å². The molecule has 0 fully saturated rings. The van der Waals surface area contributed by atoms with Crippen LogP contribution >= 0.6 is 0 Å². The van der Waals surface area contributed by atoms with E-state index in [1.165, 1.54) is 16.7 Å². The molecule has 1 heterocycles. The number of ether oxygens (including phenoxy) is 1. The summed E-state index contributed by atoms with van der Waals surface area (Å²) in [5.41, 5.74) is 4.08. The van der Waals surface area contributed by atoms with Crippen molar-refractivity contribution in [3.05, 3.63) is 83.4 Å². The maximum absolute atomic E-state index is 5.36. The summed E-state index contributed by atoms with van der Waals surface area (Å²) >= 11 is 0. The van der Waals surface area contributed by atoms with Gasteiger partial charge in [0.1, 0.15) is 0 Å². The smallest absolute Gasteiger partial charge is 0.191 e. The van der Waals surface area contributed by atoms with Crippen molar-refractivity contribution in [3.63, 3.8) is 0 Å². The molecule has 0 saturated carbocycles. The molecule has 0 saturated heterocycles. The molecule has 0 radical (unpaired) electrons. The first-order valence-corrected chi connectivity index (χ1v) is 9.67. The minimum atomic E-state index is 0.282. The van der Waals surface area contributed by atoms with E-state index in [0.29, 0.717) is 0 Å². The predicted molar refractivity (Wildman–Crippen MR) is 112 cm³/mol. The van der Waals surface area contributed by atoms with Crippen LogP contribution in [-0.2, 0) is 4.74 Å². The molecule has 1 aliphatic rings. The highest BCUT2D eigenvalue weighted by Gasteiger charge is 2.14. The Balaban J connectivity index is 1.57. The van der Waals surface area contributed by atoms with E-state index in [4.69, 9.17) is 4.74 Å². The van der Waals surface area contributed by atoms with Crippen LogP contribution in [-0.4, -0.2) is 39.3 Å². The van der Waals surface area contributed by atoms with Crippen molar-refractivity contribution in [2.75, 3.05) is 33.4 Å². The van der Waals surface area contributed by atoms with Crippen LogP contribution in [0.5, 0.6) is 0 Å². The standard InChI is InChI=1S/C23H29N3O/c1-24-23(25-15-12-19-13-16-27-17-14-19)26-18-22(20-8-4-2-5-9-20)21-10-6-3-7-11-21/h2-11,13,22H,12,14-18H2,1H3,(H2,24,25,26). The van der Waals surface area contributed by atoms with Crippen LogP contribution in [0.15, 0.2) is 77.3 Å². The Labute approximate surface area is 162 Å². The van der Waals surface area contributed by atoms with E-state index in [2.05, 4.69) is 82.4 Å². The van der Waals surface area contributed by atoms with E-state index >= 15 is 0 Å². The summed E-state index contributed by atoms with van der Waals surface area (Å²) < 4.78 is 5.36. The highest BCUT2D eigenvalue weighted by Crippen LogP contribution is 2.23. The molecule has 27 heavy (non-hydrogen) atoms. The van der Waals surface area contributed by atoms with E-state index in [1.54, 1.807) is 0 Å². The van der Waals surface area contributed by atoms with Crippen molar-refractivity contribution in [2.24, 2.45) is 4.99 Å². The number of hydrogen-bond donors (Lipinski definition) is 2. The molecule has 0 aliphatic carbocycles. The van der Waals surface area contributed by atoms with Crippen LogP contribution in [0.3, 0.4) is 0 Å². The van der Waals surface area contributed by atoms with Crippen molar-refractivity contribution >= 4 is 5.96 Å². The molecule has 0 aromatic heterocycles. The van der Waals surface area contributed by atoms with E-state index in [1.807, 2.05) is 7.05 Å². The summed E-state index contributed by atoms with van der Waals surface area (Å²) in [6, 6.07) is 21.3. The van der Waals surface area contributed by atoms with Crippen LogP contribution in [0.4, 0.5) is 0 Å². The number of guanidine groups is 1. The lowest BCUT2D eigenvalue weighted by atomic mass is 9.91. The first-order valence-electron chi connectivity index (χ1n) is 9.67.